The largest absolute Gasteiger partial charge is 0.497 e. The zero-order valence-corrected chi connectivity index (χ0v) is 21.1. The van der Waals surface area contributed by atoms with Crippen molar-refractivity contribution in [2.75, 3.05) is 13.4 Å². The van der Waals surface area contributed by atoms with E-state index >= 15 is 0 Å². The monoisotopic (exact) mass is 498 g/mol. The minimum atomic E-state index is -0.431. The van der Waals surface area contributed by atoms with Crippen molar-refractivity contribution < 1.29 is 14.1 Å². The number of benzene rings is 3. The number of hydrogen-bond donors (Lipinski definition) is 1. The first kappa shape index (κ1) is 23.7. The van der Waals surface area contributed by atoms with Gasteiger partial charge in [0.05, 0.1) is 25.3 Å². The van der Waals surface area contributed by atoms with E-state index in [2.05, 4.69) is 10.5 Å². The predicted octanol–water partition coefficient (Wildman–Crippen LogP) is 6.16. The van der Waals surface area contributed by atoms with E-state index in [0.29, 0.717) is 24.0 Å². The van der Waals surface area contributed by atoms with Gasteiger partial charge in [-0.25, -0.2) is 4.79 Å². The Morgan fingerprint density at radius 1 is 1.06 bits per heavy atom. The molecule has 1 N–H and O–H groups in total. The van der Waals surface area contributed by atoms with Crippen molar-refractivity contribution in [2.24, 2.45) is 0 Å². The lowest BCUT2D eigenvalue weighted by Crippen LogP contribution is -2.45. The maximum atomic E-state index is 13.3. The van der Waals surface area contributed by atoms with E-state index in [0.717, 1.165) is 32.9 Å². The summed E-state index contributed by atoms with van der Waals surface area (Å²) >= 11 is 1.67. The van der Waals surface area contributed by atoms with Crippen LogP contribution in [0.2, 0.25) is 0 Å². The van der Waals surface area contributed by atoms with Gasteiger partial charge < -0.3 is 14.6 Å². The first-order valence-electron chi connectivity index (χ1n) is 11.5. The van der Waals surface area contributed by atoms with Gasteiger partial charge in [0.1, 0.15) is 5.75 Å². The summed E-state index contributed by atoms with van der Waals surface area (Å²) in [6.45, 7) is 2.35. The molecule has 5 rings (SSSR count). The molecule has 1 aromatic heterocycles. The fraction of sp³-hybridized carbons (Fsp3) is 0.179. The fourth-order valence-corrected chi connectivity index (χ4v) is 4.68. The van der Waals surface area contributed by atoms with Crippen molar-refractivity contribution in [3.05, 3.63) is 102 Å². The van der Waals surface area contributed by atoms with Crippen LogP contribution < -0.4 is 10.1 Å². The summed E-state index contributed by atoms with van der Waals surface area (Å²) < 4.78 is 11.1. The molecule has 0 aliphatic carbocycles. The molecular weight excluding hydrogens is 472 g/mol. The number of nitrogens with one attached hydrogen (secondary N) is 1. The number of aromatic nitrogens is 2. The van der Waals surface area contributed by atoms with Gasteiger partial charge in [-0.15, -0.1) is 11.8 Å². The van der Waals surface area contributed by atoms with Gasteiger partial charge in [-0.3, -0.25) is 4.90 Å². The molecule has 4 aromatic rings. The minimum Gasteiger partial charge on any atom is -0.497 e. The Bertz CT molecular complexity index is 1400. The van der Waals surface area contributed by atoms with Gasteiger partial charge >= 0.3 is 6.03 Å². The number of amides is 2. The molecule has 0 fully saturated rings. The first-order valence-corrected chi connectivity index (χ1v) is 12.7. The lowest BCUT2D eigenvalue weighted by atomic mass is 9.94. The molecule has 1 aliphatic rings. The second kappa shape index (κ2) is 10.3. The lowest BCUT2D eigenvalue weighted by Gasteiger charge is -2.35. The number of thioether (sulfide) groups is 1. The zero-order valence-electron chi connectivity index (χ0n) is 20.3. The average Bonchev–Trinajstić information content (AvgIpc) is 3.41. The van der Waals surface area contributed by atoms with Crippen LogP contribution in [-0.4, -0.2) is 34.4 Å². The Balaban J connectivity index is 1.59. The number of hydrogen-bond acceptors (Lipinski definition) is 6. The van der Waals surface area contributed by atoms with Crippen LogP contribution in [0.3, 0.4) is 0 Å². The zero-order chi connectivity index (χ0) is 25.1. The van der Waals surface area contributed by atoms with Crippen LogP contribution in [-0.2, 0) is 6.54 Å². The van der Waals surface area contributed by atoms with E-state index in [1.54, 1.807) is 23.8 Å². The van der Waals surface area contributed by atoms with E-state index in [9.17, 15) is 4.79 Å². The number of carbonyl (C=O) groups excluding carboxylic acids is 1. The smallest absolute Gasteiger partial charge is 0.322 e. The summed E-state index contributed by atoms with van der Waals surface area (Å²) in [7, 11) is 1.62. The molecule has 0 spiro atoms. The van der Waals surface area contributed by atoms with E-state index in [1.807, 2.05) is 92.0 Å². The maximum absolute atomic E-state index is 13.3. The van der Waals surface area contributed by atoms with Gasteiger partial charge in [-0.05, 0) is 48.6 Å². The highest BCUT2D eigenvalue weighted by Gasteiger charge is 2.35. The Morgan fingerprint density at radius 3 is 2.56 bits per heavy atom. The highest BCUT2D eigenvalue weighted by Crippen LogP contribution is 2.38. The molecule has 182 valence electrons. The molecule has 1 atom stereocenters. The molecule has 0 saturated carbocycles. The van der Waals surface area contributed by atoms with E-state index in [-0.39, 0.29) is 6.03 Å². The first-order chi connectivity index (χ1) is 17.6. The van der Waals surface area contributed by atoms with Crippen LogP contribution in [0.25, 0.3) is 17.0 Å². The topological polar surface area (TPSA) is 80.5 Å². The van der Waals surface area contributed by atoms with Crippen molar-refractivity contribution >= 4 is 23.4 Å². The van der Waals surface area contributed by atoms with Crippen LogP contribution in [0.5, 0.6) is 5.75 Å². The number of carbonyl (C=O) groups is 1. The van der Waals surface area contributed by atoms with Crippen molar-refractivity contribution in [2.45, 2.75) is 24.4 Å². The fourth-order valence-electron chi connectivity index (χ4n) is 4.27. The van der Waals surface area contributed by atoms with Crippen LogP contribution in [0.4, 0.5) is 4.79 Å². The van der Waals surface area contributed by atoms with E-state index < -0.39 is 6.04 Å². The maximum Gasteiger partial charge on any atom is 0.322 e. The van der Waals surface area contributed by atoms with Gasteiger partial charge in [-0.1, -0.05) is 59.8 Å². The Hall–Kier alpha value is -4.04. The average molecular weight is 499 g/mol. The second-order valence-corrected chi connectivity index (χ2v) is 9.26. The van der Waals surface area contributed by atoms with E-state index in [1.165, 1.54) is 0 Å². The molecule has 36 heavy (non-hydrogen) atoms. The van der Waals surface area contributed by atoms with Gasteiger partial charge in [0.25, 0.3) is 5.89 Å². The quantitative estimate of drug-likeness (QED) is 0.307. The molecule has 8 heteroatoms. The minimum absolute atomic E-state index is 0.174. The van der Waals surface area contributed by atoms with Gasteiger partial charge in [0.15, 0.2) is 0 Å². The Kier molecular flexibility index (Phi) is 6.77. The summed E-state index contributed by atoms with van der Waals surface area (Å²) in [5, 5.41) is 7.41. The molecular formula is C28H26N4O3S. The van der Waals surface area contributed by atoms with Crippen molar-refractivity contribution in [1.82, 2.24) is 20.4 Å². The summed E-state index contributed by atoms with van der Waals surface area (Å²) in [6.07, 6.45) is 2.03. The number of rotatable bonds is 7. The molecule has 1 unspecified atom stereocenters. The van der Waals surface area contributed by atoms with Crippen molar-refractivity contribution in [1.29, 1.82) is 0 Å². The third-order valence-corrected chi connectivity index (χ3v) is 6.96. The normalized spacial score (nSPS) is 15.7. The van der Waals surface area contributed by atoms with Crippen LogP contribution in [0, 0.1) is 0 Å². The molecule has 3 aromatic carbocycles. The highest BCUT2D eigenvalue weighted by atomic mass is 32.2. The van der Waals surface area contributed by atoms with Crippen LogP contribution >= 0.6 is 11.8 Å². The SMILES string of the molecule is COc1cccc(-c2noc(C3=C(C)N(Cc4ccccc4)C(=O)NC3c3ccc(SC)cc3)n2)c1. The van der Waals surface area contributed by atoms with Crippen LogP contribution in [0.1, 0.15) is 30.0 Å². The highest BCUT2D eigenvalue weighted by molar-refractivity contribution is 7.98. The van der Waals surface area contributed by atoms with Gasteiger partial charge in [0.2, 0.25) is 5.82 Å². The summed E-state index contributed by atoms with van der Waals surface area (Å²) in [4.78, 5) is 20.9. The van der Waals surface area contributed by atoms with Crippen molar-refractivity contribution in [3.8, 4) is 17.1 Å². The third kappa shape index (κ3) is 4.72. The molecule has 0 bridgehead atoms. The number of ether oxygens (including phenoxy) is 1. The van der Waals surface area contributed by atoms with Crippen molar-refractivity contribution in [3.63, 3.8) is 0 Å². The molecule has 7 nitrogen and oxygen atoms in total. The third-order valence-electron chi connectivity index (χ3n) is 6.21. The molecule has 1 aliphatic heterocycles. The Labute approximate surface area is 214 Å². The van der Waals surface area contributed by atoms with Gasteiger partial charge in [0, 0.05) is 16.2 Å². The number of nitrogens with zero attached hydrogens (tertiary/aromatic N) is 3. The Morgan fingerprint density at radius 2 is 1.83 bits per heavy atom. The molecule has 0 saturated heterocycles. The number of allylic oxidation sites excluding steroid dienone is 1. The summed E-state index contributed by atoms with van der Waals surface area (Å²) in [5.41, 5.74) is 4.28. The predicted molar refractivity (Wildman–Crippen MR) is 140 cm³/mol. The standard InChI is InChI=1S/C28H26N4O3S/c1-18-24(27-30-26(31-35-27)21-10-7-11-22(16-21)34-2)25(20-12-14-23(36-3)15-13-20)29-28(33)32(18)17-19-8-5-4-6-9-19/h4-16,25H,17H2,1-3H3,(H,29,33). The number of methoxy groups -OCH3 is 1. The molecule has 2 amide bonds. The van der Waals surface area contributed by atoms with E-state index in [4.69, 9.17) is 14.2 Å². The summed E-state index contributed by atoms with van der Waals surface area (Å²) in [5.74, 6) is 1.52. The number of urea groups is 1. The lowest BCUT2D eigenvalue weighted by molar-refractivity contribution is 0.203. The summed E-state index contributed by atoms with van der Waals surface area (Å²) in [6, 6.07) is 24.9. The second-order valence-electron chi connectivity index (χ2n) is 8.38. The van der Waals surface area contributed by atoms with Crippen LogP contribution in [0.15, 0.2) is 94.0 Å². The van der Waals surface area contributed by atoms with Gasteiger partial charge in [-0.2, -0.15) is 4.98 Å². The molecule has 0 radical (unpaired) electrons. The molecule has 2 heterocycles.